The number of hydrogen-bond donors (Lipinski definition) is 2. The summed E-state index contributed by atoms with van der Waals surface area (Å²) in [4.78, 5) is 25.8. The highest BCUT2D eigenvalue weighted by Gasteiger charge is 2.17. The Bertz CT molecular complexity index is 328. The van der Waals surface area contributed by atoms with E-state index in [0.717, 1.165) is 44.7 Å². The third kappa shape index (κ3) is 7.78. The smallest absolute Gasteiger partial charge is 0.239 e. The Morgan fingerprint density at radius 3 is 2.55 bits per heavy atom. The number of nitrogens with one attached hydrogen (secondary N) is 2. The summed E-state index contributed by atoms with van der Waals surface area (Å²) >= 11 is 0. The van der Waals surface area contributed by atoms with Crippen molar-refractivity contribution in [3.8, 4) is 0 Å². The van der Waals surface area contributed by atoms with Crippen LogP contribution >= 0.6 is 0 Å². The second kappa shape index (κ2) is 11.5. The molecule has 128 valence electrons. The van der Waals surface area contributed by atoms with E-state index >= 15 is 0 Å². The Kier molecular flexibility index (Phi) is 9.87. The van der Waals surface area contributed by atoms with Crippen LogP contribution in [0.25, 0.3) is 0 Å². The van der Waals surface area contributed by atoms with Crippen LogP contribution < -0.4 is 10.6 Å². The maximum Gasteiger partial charge on any atom is 0.239 e. The predicted octanol–water partition coefficient (Wildman–Crippen LogP) is 1.92. The van der Waals surface area contributed by atoms with Gasteiger partial charge >= 0.3 is 0 Å². The van der Waals surface area contributed by atoms with E-state index in [1.165, 1.54) is 12.8 Å². The molecule has 0 bridgehead atoms. The van der Waals surface area contributed by atoms with Gasteiger partial charge < -0.3 is 15.5 Å². The van der Waals surface area contributed by atoms with Crippen molar-refractivity contribution >= 4 is 11.8 Å². The Morgan fingerprint density at radius 2 is 1.91 bits per heavy atom. The van der Waals surface area contributed by atoms with Crippen molar-refractivity contribution in [1.29, 1.82) is 0 Å². The van der Waals surface area contributed by atoms with E-state index in [1.807, 2.05) is 13.8 Å². The van der Waals surface area contributed by atoms with Gasteiger partial charge in [-0.2, -0.15) is 0 Å². The van der Waals surface area contributed by atoms with Gasteiger partial charge in [-0.3, -0.25) is 9.59 Å². The van der Waals surface area contributed by atoms with Gasteiger partial charge in [0.05, 0.1) is 6.54 Å². The minimum atomic E-state index is -0.0398. The lowest BCUT2D eigenvalue weighted by Gasteiger charge is -2.24. The quantitative estimate of drug-likeness (QED) is 0.648. The summed E-state index contributed by atoms with van der Waals surface area (Å²) in [6, 6.07) is 0. The molecule has 0 spiro atoms. The summed E-state index contributed by atoms with van der Waals surface area (Å²) in [5.41, 5.74) is 0. The first kappa shape index (κ1) is 18.9. The molecule has 2 N–H and O–H groups in total. The van der Waals surface area contributed by atoms with Gasteiger partial charge in [-0.15, -0.1) is 0 Å². The molecule has 5 nitrogen and oxygen atoms in total. The minimum Gasteiger partial charge on any atom is -0.355 e. The van der Waals surface area contributed by atoms with Crippen molar-refractivity contribution < 1.29 is 9.59 Å². The summed E-state index contributed by atoms with van der Waals surface area (Å²) in [7, 11) is 0. The van der Waals surface area contributed by atoms with Gasteiger partial charge in [-0.05, 0) is 57.5 Å². The number of rotatable bonds is 10. The Hall–Kier alpha value is -1.10. The molecule has 0 saturated carbocycles. The molecule has 1 saturated heterocycles. The topological polar surface area (TPSA) is 61.4 Å². The fourth-order valence-corrected chi connectivity index (χ4v) is 2.93. The highest BCUT2D eigenvalue weighted by molar-refractivity contribution is 5.84. The lowest BCUT2D eigenvalue weighted by Crippen LogP contribution is -2.41. The SMILES string of the molecule is CCCNC(=O)CN(CCC)C(=O)CCCC1CCNCC1. The number of carbonyl (C=O) groups excluding carboxylic acids is 2. The van der Waals surface area contributed by atoms with Crippen molar-refractivity contribution in [2.75, 3.05) is 32.7 Å². The van der Waals surface area contributed by atoms with E-state index in [9.17, 15) is 9.59 Å². The molecule has 0 aromatic rings. The average Bonchev–Trinajstić information content (AvgIpc) is 2.53. The monoisotopic (exact) mass is 311 g/mol. The van der Waals surface area contributed by atoms with Crippen molar-refractivity contribution in [1.82, 2.24) is 15.5 Å². The van der Waals surface area contributed by atoms with E-state index in [-0.39, 0.29) is 18.4 Å². The van der Waals surface area contributed by atoms with Crippen LogP contribution in [0, 0.1) is 5.92 Å². The molecule has 0 aromatic carbocycles. The van der Waals surface area contributed by atoms with Crippen molar-refractivity contribution in [2.24, 2.45) is 5.92 Å². The molecule has 5 heteroatoms. The number of nitrogens with zero attached hydrogens (tertiary/aromatic N) is 1. The molecule has 0 aromatic heterocycles. The zero-order chi connectivity index (χ0) is 16.2. The first-order valence-corrected chi connectivity index (χ1v) is 8.92. The van der Waals surface area contributed by atoms with Crippen LogP contribution in [0.2, 0.25) is 0 Å². The van der Waals surface area contributed by atoms with Crippen LogP contribution in [0.15, 0.2) is 0 Å². The predicted molar refractivity (Wildman–Crippen MR) is 89.6 cm³/mol. The molecule has 2 amide bonds. The second-order valence-corrected chi connectivity index (χ2v) is 6.25. The highest BCUT2D eigenvalue weighted by atomic mass is 16.2. The van der Waals surface area contributed by atoms with Gasteiger partial charge in [0.1, 0.15) is 0 Å². The first-order chi connectivity index (χ1) is 10.7. The average molecular weight is 311 g/mol. The minimum absolute atomic E-state index is 0.0398. The zero-order valence-corrected chi connectivity index (χ0v) is 14.3. The van der Waals surface area contributed by atoms with E-state index < -0.39 is 0 Å². The van der Waals surface area contributed by atoms with Crippen LogP contribution in [0.5, 0.6) is 0 Å². The normalized spacial score (nSPS) is 15.5. The van der Waals surface area contributed by atoms with Crippen LogP contribution in [0.3, 0.4) is 0 Å². The molecule has 1 heterocycles. The third-order valence-corrected chi connectivity index (χ3v) is 4.21. The van der Waals surface area contributed by atoms with Crippen LogP contribution in [0.1, 0.15) is 58.8 Å². The summed E-state index contributed by atoms with van der Waals surface area (Å²) in [6.07, 6.45) is 6.92. The lowest BCUT2D eigenvalue weighted by molar-refractivity contribution is -0.136. The van der Waals surface area contributed by atoms with Crippen LogP contribution in [-0.2, 0) is 9.59 Å². The number of amides is 2. The van der Waals surface area contributed by atoms with Gasteiger partial charge in [0, 0.05) is 19.5 Å². The van der Waals surface area contributed by atoms with E-state index in [0.29, 0.717) is 19.5 Å². The molecule has 0 atom stereocenters. The molecule has 22 heavy (non-hydrogen) atoms. The molecule has 1 fully saturated rings. The molecule has 1 aliphatic rings. The number of carbonyl (C=O) groups is 2. The van der Waals surface area contributed by atoms with Gasteiger partial charge in [-0.25, -0.2) is 0 Å². The largest absolute Gasteiger partial charge is 0.355 e. The van der Waals surface area contributed by atoms with Crippen molar-refractivity contribution in [2.45, 2.75) is 58.8 Å². The molecule has 1 aliphatic heterocycles. The van der Waals surface area contributed by atoms with E-state index in [4.69, 9.17) is 0 Å². The van der Waals surface area contributed by atoms with E-state index in [1.54, 1.807) is 4.90 Å². The Labute approximate surface area is 135 Å². The third-order valence-electron chi connectivity index (χ3n) is 4.21. The van der Waals surface area contributed by atoms with Crippen molar-refractivity contribution in [3.63, 3.8) is 0 Å². The molecule has 0 radical (unpaired) electrons. The molecule has 0 unspecified atom stereocenters. The Balaban J connectivity index is 2.28. The van der Waals surface area contributed by atoms with Gasteiger partial charge in [0.25, 0.3) is 0 Å². The molecular formula is C17H33N3O2. The fraction of sp³-hybridized carbons (Fsp3) is 0.882. The zero-order valence-electron chi connectivity index (χ0n) is 14.3. The Morgan fingerprint density at radius 1 is 1.18 bits per heavy atom. The number of piperidine rings is 1. The summed E-state index contributed by atoms with van der Waals surface area (Å²) in [5.74, 6) is 0.853. The fourth-order valence-electron chi connectivity index (χ4n) is 2.93. The van der Waals surface area contributed by atoms with Crippen LogP contribution in [-0.4, -0.2) is 49.4 Å². The molecule has 1 rings (SSSR count). The van der Waals surface area contributed by atoms with Gasteiger partial charge in [0.15, 0.2) is 0 Å². The molecular weight excluding hydrogens is 278 g/mol. The van der Waals surface area contributed by atoms with Gasteiger partial charge in [-0.1, -0.05) is 13.8 Å². The van der Waals surface area contributed by atoms with Gasteiger partial charge in [0.2, 0.25) is 11.8 Å². The maximum absolute atomic E-state index is 12.3. The first-order valence-electron chi connectivity index (χ1n) is 8.92. The lowest BCUT2D eigenvalue weighted by atomic mass is 9.92. The standard InChI is InChI=1S/C17H33N3O2/c1-3-10-19-16(21)14-20(13-4-2)17(22)7-5-6-15-8-11-18-12-9-15/h15,18H,3-14H2,1-2H3,(H,19,21). The summed E-state index contributed by atoms with van der Waals surface area (Å²) in [6.45, 7) is 7.85. The van der Waals surface area contributed by atoms with Crippen molar-refractivity contribution in [3.05, 3.63) is 0 Å². The maximum atomic E-state index is 12.3. The molecule has 0 aliphatic carbocycles. The van der Waals surface area contributed by atoms with Crippen LogP contribution in [0.4, 0.5) is 0 Å². The second-order valence-electron chi connectivity index (χ2n) is 6.25. The summed E-state index contributed by atoms with van der Waals surface area (Å²) < 4.78 is 0. The van der Waals surface area contributed by atoms with E-state index in [2.05, 4.69) is 10.6 Å². The summed E-state index contributed by atoms with van der Waals surface area (Å²) in [5, 5.41) is 6.21. The number of hydrogen-bond acceptors (Lipinski definition) is 3. The highest BCUT2D eigenvalue weighted by Crippen LogP contribution is 2.19.